The molecule has 8 saturated carbocycles. The van der Waals surface area contributed by atoms with Crippen LogP contribution >= 0.6 is 0 Å². The van der Waals surface area contributed by atoms with E-state index in [2.05, 4.69) is 0 Å². The number of rotatable bonds is 3. The second-order valence-electron chi connectivity index (χ2n) is 14.0. The van der Waals surface area contributed by atoms with Crippen LogP contribution in [-0.4, -0.2) is 35.5 Å². The molecule has 2 spiro atoms. The number of esters is 4. The molecule has 0 unspecified atom stereocenters. The molecule has 0 aromatic heterocycles. The van der Waals surface area contributed by atoms with Crippen molar-refractivity contribution in [3.63, 3.8) is 0 Å². The fraction of sp³-hybridized carbons (Fsp3) is 0.688. The first-order valence-corrected chi connectivity index (χ1v) is 15.2. The lowest BCUT2D eigenvalue weighted by Gasteiger charge is -2.59. The van der Waals surface area contributed by atoms with Crippen molar-refractivity contribution in [3.05, 3.63) is 35.5 Å². The smallest absolute Gasteiger partial charge is 0.348 e. The minimum Gasteiger partial charge on any atom is -0.421 e. The number of ether oxygens (including phenoxy) is 4. The SMILES string of the molecule is CC(C=CC1C(=O)OC2(OC1=O)C1CC3CC(C1)CC2C3)=CC=C1C(=O)OC2(OC1=O)C1CC3CC(C1)CC2C3. The molecule has 10 aliphatic rings. The van der Waals surface area contributed by atoms with Crippen molar-refractivity contribution >= 4 is 23.9 Å². The fourth-order valence-corrected chi connectivity index (χ4v) is 10.2. The quantitative estimate of drug-likeness (QED) is 0.167. The molecule has 8 heteroatoms. The summed E-state index contributed by atoms with van der Waals surface area (Å²) in [7, 11) is 0. The lowest BCUT2D eigenvalue weighted by atomic mass is 9.53. The number of carbonyl (C=O) groups excluding carboxylic acids is 4. The van der Waals surface area contributed by atoms with Gasteiger partial charge in [-0.1, -0.05) is 23.8 Å². The number of hydrogen-bond acceptors (Lipinski definition) is 8. The Labute approximate surface area is 233 Å². The summed E-state index contributed by atoms with van der Waals surface area (Å²) >= 11 is 0. The average molecular weight is 549 g/mol. The maximum absolute atomic E-state index is 13.0. The van der Waals surface area contributed by atoms with Crippen LogP contribution in [0, 0.1) is 53.3 Å². The van der Waals surface area contributed by atoms with E-state index in [1.165, 1.54) is 25.0 Å². The van der Waals surface area contributed by atoms with E-state index < -0.39 is 41.4 Å². The summed E-state index contributed by atoms with van der Waals surface area (Å²) in [4.78, 5) is 52.1. The molecule has 0 N–H and O–H groups in total. The van der Waals surface area contributed by atoms with Gasteiger partial charge in [-0.05, 0) is 101 Å². The van der Waals surface area contributed by atoms with Gasteiger partial charge in [-0.3, -0.25) is 9.59 Å². The molecule has 0 atom stereocenters. The summed E-state index contributed by atoms with van der Waals surface area (Å²) in [5.41, 5.74) is 0.492. The van der Waals surface area contributed by atoms with Crippen molar-refractivity contribution < 1.29 is 38.1 Å². The molecule has 0 radical (unpaired) electrons. The van der Waals surface area contributed by atoms with E-state index in [9.17, 15) is 19.2 Å². The molecule has 2 saturated heterocycles. The predicted molar refractivity (Wildman–Crippen MR) is 138 cm³/mol. The van der Waals surface area contributed by atoms with E-state index in [0.717, 1.165) is 51.4 Å². The van der Waals surface area contributed by atoms with E-state index in [0.29, 0.717) is 29.2 Å². The maximum Gasteiger partial charge on any atom is 0.348 e. The first-order valence-electron chi connectivity index (χ1n) is 15.2. The first-order chi connectivity index (χ1) is 19.2. The van der Waals surface area contributed by atoms with Crippen LogP contribution in [0.1, 0.15) is 71.1 Å². The maximum atomic E-state index is 13.0. The van der Waals surface area contributed by atoms with Crippen molar-refractivity contribution in [3.8, 4) is 0 Å². The van der Waals surface area contributed by atoms with Crippen LogP contribution in [0.25, 0.3) is 0 Å². The minimum absolute atomic E-state index is 0.0893. The summed E-state index contributed by atoms with van der Waals surface area (Å²) in [6, 6.07) is 0. The molecule has 8 nitrogen and oxygen atoms in total. The van der Waals surface area contributed by atoms with Crippen LogP contribution in [0.4, 0.5) is 0 Å². The Morgan fingerprint density at radius 1 is 0.625 bits per heavy atom. The number of allylic oxidation sites excluding steroid dienone is 4. The van der Waals surface area contributed by atoms with Gasteiger partial charge in [-0.25, -0.2) is 9.59 Å². The van der Waals surface area contributed by atoms with Gasteiger partial charge in [0.25, 0.3) is 11.6 Å². The molecule has 40 heavy (non-hydrogen) atoms. The normalized spacial score (nSPS) is 48.6. The van der Waals surface area contributed by atoms with E-state index in [1.807, 2.05) is 0 Å². The minimum atomic E-state index is -1.14. The second kappa shape index (κ2) is 8.56. The van der Waals surface area contributed by atoms with E-state index >= 15 is 0 Å². The zero-order valence-corrected chi connectivity index (χ0v) is 22.8. The van der Waals surface area contributed by atoms with E-state index in [4.69, 9.17) is 18.9 Å². The van der Waals surface area contributed by atoms with Gasteiger partial charge in [0, 0.05) is 23.7 Å². The Kier molecular flexibility index (Phi) is 5.32. The van der Waals surface area contributed by atoms with Crippen molar-refractivity contribution in [2.75, 3.05) is 0 Å². The summed E-state index contributed by atoms with van der Waals surface area (Å²) in [6.45, 7) is 1.76. The third-order valence-corrected chi connectivity index (χ3v) is 11.6. The highest BCUT2D eigenvalue weighted by atomic mass is 16.8. The standard InChI is InChI=1S/C32H36O8/c1-16(2-4-25-27(33)37-31(38-28(25)34)21-8-17-6-18(10-21)11-22(31)9-17)3-5-26-29(35)39-32(40-30(26)36)23-12-19-7-20(14-23)15-24(32)13-19/h2-5,17-25H,6-15H2,1H3. The van der Waals surface area contributed by atoms with Gasteiger partial charge in [-0.15, -0.1) is 0 Å². The number of hydrogen-bond donors (Lipinski definition) is 0. The van der Waals surface area contributed by atoms with Crippen LogP contribution in [0.5, 0.6) is 0 Å². The molecule has 2 heterocycles. The Balaban J connectivity index is 0.946. The zero-order valence-electron chi connectivity index (χ0n) is 22.8. The van der Waals surface area contributed by atoms with Gasteiger partial charge in [0.2, 0.25) is 0 Å². The van der Waals surface area contributed by atoms with Crippen molar-refractivity contribution in [1.29, 1.82) is 0 Å². The zero-order chi connectivity index (χ0) is 27.4. The van der Waals surface area contributed by atoms with Gasteiger partial charge in [0.05, 0.1) is 0 Å². The lowest BCUT2D eigenvalue weighted by Crippen LogP contribution is -2.64. The summed E-state index contributed by atoms with van der Waals surface area (Å²) in [6.07, 6.45) is 16.2. The summed E-state index contributed by atoms with van der Waals surface area (Å²) in [5.74, 6) is -2.75. The van der Waals surface area contributed by atoms with Crippen molar-refractivity contribution in [2.45, 2.75) is 82.7 Å². The van der Waals surface area contributed by atoms with Crippen LogP contribution in [0.2, 0.25) is 0 Å². The average Bonchev–Trinajstić information content (AvgIpc) is 2.89. The van der Waals surface area contributed by atoms with Crippen molar-refractivity contribution in [2.24, 2.45) is 53.3 Å². The molecular weight excluding hydrogens is 512 g/mol. The fourth-order valence-electron chi connectivity index (χ4n) is 10.2. The van der Waals surface area contributed by atoms with Gasteiger partial charge in [-0.2, -0.15) is 0 Å². The van der Waals surface area contributed by atoms with Gasteiger partial charge in [0.15, 0.2) is 5.92 Å². The Morgan fingerprint density at radius 2 is 1.02 bits per heavy atom. The second-order valence-corrected chi connectivity index (χ2v) is 14.0. The molecule has 212 valence electrons. The molecule has 0 amide bonds. The Hall–Kier alpha value is -2.90. The molecule has 8 aliphatic carbocycles. The van der Waals surface area contributed by atoms with E-state index in [-0.39, 0.29) is 29.2 Å². The largest absolute Gasteiger partial charge is 0.421 e. The molecule has 10 fully saturated rings. The Bertz CT molecular complexity index is 1190. The Morgan fingerprint density at radius 3 is 1.45 bits per heavy atom. The first kappa shape index (κ1) is 24.9. The topological polar surface area (TPSA) is 105 Å². The van der Waals surface area contributed by atoms with Gasteiger partial charge >= 0.3 is 23.9 Å². The van der Waals surface area contributed by atoms with Crippen LogP contribution < -0.4 is 0 Å². The molecule has 8 bridgehead atoms. The third kappa shape index (κ3) is 3.56. The van der Waals surface area contributed by atoms with Crippen molar-refractivity contribution in [1.82, 2.24) is 0 Å². The third-order valence-electron chi connectivity index (χ3n) is 11.6. The molecule has 0 aromatic rings. The molecule has 10 rings (SSSR count). The molecule has 0 aromatic carbocycles. The van der Waals surface area contributed by atoms with Gasteiger partial charge in [0.1, 0.15) is 5.57 Å². The molecule has 2 aliphatic heterocycles. The van der Waals surface area contributed by atoms with Crippen LogP contribution in [0.3, 0.4) is 0 Å². The van der Waals surface area contributed by atoms with Crippen LogP contribution in [-0.2, 0) is 38.1 Å². The van der Waals surface area contributed by atoms with Gasteiger partial charge < -0.3 is 18.9 Å². The number of carbonyl (C=O) groups is 4. The molecular formula is C32H36O8. The van der Waals surface area contributed by atoms with E-state index in [1.54, 1.807) is 19.1 Å². The summed E-state index contributed by atoms with van der Waals surface area (Å²) < 4.78 is 23.8. The lowest BCUT2D eigenvalue weighted by molar-refractivity contribution is -0.322. The predicted octanol–water partition coefficient (Wildman–Crippen LogP) is 4.54. The highest BCUT2D eigenvalue weighted by molar-refractivity contribution is 6.15. The highest BCUT2D eigenvalue weighted by Crippen LogP contribution is 2.62. The highest BCUT2D eigenvalue weighted by Gasteiger charge is 2.66. The van der Waals surface area contributed by atoms with Crippen LogP contribution in [0.15, 0.2) is 35.5 Å². The monoisotopic (exact) mass is 548 g/mol. The summed E-state index contributed by atoms with van der Waals surface area (Å²) in [5, 5.41) is 0.